The third-order valence-electron chi connectivity index (χ3n) is 4.24. The number of rotatable bonds is 7. The van der Waals surface area contributed by atoms with Crippen LogP contribution in [0.15, 0.2) is 42.5 Å². The van der Waals surface area contributed by atoms with E-state index in [9.17, 15) is 9.90 Å². The predicted molar refractivity (Wildman–Crippen MR) is 99.0 cm³/mol. The Balaban J connectivity index is 1.73. The van der Waals surface area contributed by atoms with Crippen LogP contribution in [0.4, 0.5) is 0 Å². The highest BCUT2D eigenvalue weighted by molar-refractivity contribution is 7.99. The third-order valence-corrected chi connectivity index (χ3v) is 5.58. The van der Waals surface area contributed by atoms with Crippen molar-refractivity contribution in [2.24, 2.45) is 0 Å². The van der Waals surface area contributed by atoms with Gasteiger partial charge in [0.15, 0.2) is 16.9 Å². The minimum absolute atomic E-state index is 0.0305. The summed E-state index contributed by atoms with van der Waals surface area (Å²) in [6, 6.07) is 13.5. The highest BCUT2D eigenvalue weighted by Gasteiger charge is 2.31. The molecule has 3 rings (SSSR count). The molecular weight excluding hydrogens is 350 g/mol. The molecule has 1 saturated heterocycles. The molecule has 0 radical (unpaired) electrons. The number of nitrogens with two attached hydrogens (primary N) is 1. The van der Waals surface area contributed by atoms with Gasteiger partial charge in [-0.15, -0.1) is 0 Å². The molecule has 0 aliphatic carbocycles. The number of carboxylic acids is 1. The monoisotopic (exact) mass is 373 g/mol. The Kier molecular flexibility index (Phi) is 6.06. The molecule has 0 aromatic heterocycles. The van der Waals surface area contributed by atoms with Crippen molar-refractivity contribution in [1.29, 1.82) is 0 Å². The van der Waals surface area contributed by atoms with Gasteiger partial charge in [-0.1, -0.05) is 41.6 Å². The number of hydrogen-bond donors (Lipinski definition) is 1. The Hall–Kier alpha value is -2.18. The molecule has 1 fully saturated rings. The molecular formula is C20H23NO4S. The first kappa shape index (κ1) is 18.6. The standard InChI is InChI=1S/C20H23NO4S/c1-3-24-18-10-15(19-21-16(12-26-19)20(22)23)7-8-17(18)25-11-14-6-4-5-13(2)9-14/h4-10,16,19,21H,3,11-12H2,1-2H3,(H,22,23)/t16-,19-/m1/s1. The molecule has 6 heteroatoms. The SMILES string of the molecule is CCOc1cc([C@@H]2[NH2+][C@@H](C(=O)[O-])CS2)ccc1OCc1cccc(C)c1. The Morgan fingerprint density at radius 2 is 2.08 bits per heavy atom. The minimum atomic E-state index is -1.01. The molecule has 0 saturated carbocycles. The fourth-order valence-corrected chi connectivity index (χ4v) is 4.24. The van der Waals surface area contributed by atoms with Gasteiger partial charge < -0.3 is 24.7 Å². The van der Waals surface area contributed by atoms with Crippen LogP contribution in [0.25, 0.3) is 0 Å². The quantitative estimate of drug-likeness (QED) is 0.794. The molecule has 0 spiro atoms. The molecule has 0 bridgehead atoms. The lowest BCUT2D eigenvalue weighted by Crippen LogP contribution is -2.90. The van der Waals surface area contributed by atoms with Gasteiger partial charge in [-0.2, -0.15) is 0 Å². The van der Waals surface area contributed by atoms with Crippen molar-refractivity contribution >= 4 is 17.7 Å². The normalized spacial score (nSPS) is 19.3. The maximum atomic E-state index is 11.0. The summed E-state index contributed by atoms with van der Waals surface area (Å²) in [6.07, 6.45) is 0. The van der Waals surface area contributed by atoms with Crippen LogP contribution < -0.4 is 19.9 Å². The number of carbonyl (C=O) groups is 1. The van der Waals surface area contributed by atoms with Crippen LogP contribution in [0.1, 0.15) is 29.0 Å². The molecule has 1 aliphatic heterocycles. The molecule has 0 unspecified atom stereocenters. The highest BCUT2D eigenvalue weighted by Crippen LogP contribution is 2.34. The van der Waals surface area contributed by atoms with Crippen LogP contribution in [-0.2, 0) is 11.4 Å². The smallest absolute Gasteiger partial charge is 0.161 e. The van der Waals surface area contributed by atoms with E-state index < -0.39 is 12.0 Å². The van der Waals surface area contributed by atoms with Crippen molar-refractivity contribution in [3.8, 4) is 11.5 Å². The summed E-state index contributed by atoms with van der Waals surface area (Å²) in [4.78, 5) is 11.0. The molecule has 26 heavy (non-hydrogen) atoms. The zero-order chi connectivity index (χ0) is 18.5. The molecule has 2 aromatic rings. The number of hydrogen-bond acceptors (Lipinski definition) is 5. The summed E-state index contributed by atoms with van der Waals surface area (Å²) < 4.78 is 11.7. The lowest BCUT2D eigenvalue weighted by atomic mass is 10.1. The summed E-state index contributed by atoms with van der Waals surface area (Å²) >= 11 is 1.60. The maximum Gasteiger partial charge on any atom is 0.161 e. The van der Waals surface area contributed by atoms with Crippen molar-refractivity contribution in [3.63, 3.8) is 0 Å². The summed E-state index contributed by atoms with van der Waals surface area (Å²) in [5, 5.41) is 12.9. The number of benzene rings is 2. The first-order chi connectivity index (χ1) is 12.6. The van der Waals surface area contributed by atoms with E-state index in [-0.39, 0.29) is 5.37 Å². The van der Waals surface area contributed by atoms with E-state index in [2.05, 4.69) is 19.1 Å². The number of aryl methyl sites for hydroxylation is 1. The Morgan fingerprint density at radius 3 is 2.77 bits per heavy atom. The fraction of sp³-hybridized carbons (Fsp3) is 0.350. The van der Waals surface area contributed by atoms with Crippen LogP contribution in [0, 0.1) is 6.92 Å². The molecule has 2 aromatic carbocycles. The molecule has 2 N–H and O–H groups in total. The third kappa shape index (κ3) is 4.51. The van der Waals surface area contributed by atoms with Crippen LogP contribution >= 0.6 is 11.8 Å². The number of thioether (sulfide) groups is 1. The van der Waals surface area contributed by atoms with Gasteiger partial charge in [0.05, 0.1) is 12.4 Å². The van der Waals surface area contributed by atoms with E-state index >= 15 is 0 Å². The van der Waals surface area contributed by atoms with Gasteiger partial charge in [-0.25, -0.2) is 0 Å². The number of carbonyl (C=O) groups excluding carboxylic acids is 1. The van der Waals surface area contributed by atoms with Crippen LogP contribution in [-0.4, -0.2) is 24.4 Å². The predicted octanol–water partition coefficient (Wildman–Crippen LogP) is 1.40. The number of carboxylic acid groups (broad SMARTS) is 1. The van der Waals surface area contributed by atoms with E-state index in [1.807, 2.05) is 42.6 Å². The van der Waals surface area contributed by atoms with Crippen molar-refractivity contribution in [1.82, 2.24) is 0 Å². The summed E-state index contributed by atoms with van der Waals surface area (Å²) in [6.45, 7) is 4.99. The summed E-state index contributed by atoms with van der Waals surface area (Å²) in [5.74, 6) is 0.908. The molecule has 1 aliphatic rings. The first-order valence-electron chi connectivity index (χ1n) is 8.69. The van der Waals surface area contributed by atoms with Crippen LogP contribution in [0.5, 0.6) is 11.5 Å². The van der Waals surface area contributed by atoms with Gasteiger partial charge in [0.25, 0.3) is 0 Å². The molecule has 1 heterocycles. The topological polar surface area (TPSA) is 75.2 Å². The van der Waals surface area contributed by atoms with Gasteiger partial charge in [-0.05, 0) is 37.6 Å². The van der Waals surface area contributed by atoms with Crippen molar-refractivity contribution in [2.45, 2.75) is 31.9 Å². The first-order valence-corrected chi connectivity index (χ1v) is 9.74. The van der Waals surface area contributed by atoms with Gasteiger partial charge in [0.2, 0.25) is 0 Å². The van der Waals surface area contributed by atoms with Gasteiger partial charge >= 0.3 is 0 Å². The van der Waals surface area contributed by atoms with E-state index in [0.717, 1.165) is 11.1 Å². The zero-order valence-electron chi connectivity index (χ0n) is 14.9. The van der Waals surface area contributed by atoms with E-state index in [1.165, 1.54) is 5.56 Å². The number of ether oxygens (including phenoxy) is 2. The second kappa shape index (κ2) is 8.47. The molecule has 5 nitrogen and oxygen atoms in total. The van der Waals surface area contributed by atoms with Crippen LogP contribution in [0.2, 0.25) is 0 Å². The Labute approximate surface area is 157 Å². The summed E-state index contributed by atoms with van der Waals surface area (Å²) in [5.41, 5.74) is 3.32. The molecule has 138 valence electrons. The fourth-order valence-electron chi connectivity index (χ4n) is 2.94. The maximum absolute atomic E-state index is 11.0. The Morgan fingerprint density at radius 1 is 1.23 bits per heavy atom. The second-order valence-electron chi connectivity index (χ2n) is 6.29. The largest absolute Gasteiger partial charge is 0.544 e. The van der Waals surface area contributed by atoms with E-state index in [4.69, 9.17) is 9.47 Å². The van der Waals surface area contributed by atoms with Crippen molar-refractivity contribution in [3.05, 3.63) is 59.2 Å². The van der Waals surface area contributed by atoms with E-state index in [1.54, 1.807) is 11.8 Å². The van der Waals surface area contributed by atoms with Crippen molar-refractivity contribution in [2.75, 3.05) is 12.4 Å². The lowest BCUT2D eigenvalue weighted by Gasteiger charge is -2.16. The second-order valence-corrected chi connectivity index (χ2v) is 7.46. The van der Waals surface area contributed by atoms with Gasteiger partial charge in [0.1, 0.15) is 18.6 Å². The zero-order valence-corrected chi connectivity index (χ0v) is 15.8. The number of aliphatic carboxylic acids is 1. The lowest BCUT2D eigenvalue weighted by molar-refractivity contribution is -0.690. The average Bonchev–Trinajstić information content (AvgIpc) is 3.11. The highest BCUT2D eigenvalue weighted by atomic mass is 32.2. The molecule has 0 amide bonds. The minimum Gasteiger partial charge on any atom is -0.544 e. The van der Waals surface area contributed by atoms with Gasteiger partial charge in [0, 0.05) is 5.56 Å². The Bertz CT molecular complexity index is 780. The van der Waals surface area contributed by atoms with E-state index in [0.29, 0.717) is 30.5 Å². The molecule has 2 atom stereocenters. The van der Waals surface area contributed by atoms with Gasteiger partial charge in [-0.3, -0.25) is 0 Å². The van der Waals surface area contributed by atoms with Crippen LogP contribution in [0.3, 0.4) is 0 Å². The average molecular weight is 373 g/mol. The van der Waals surface area contributed by atoms with Crippen molar-refractivity contribution < 1.29 is 24.7 Å². The summed E-state index contributed by atoms with van der Waals surface area (Å²) in [7, 11) is 0. The number of quaternary nitrogens is 1.